The number of hydrogen-bond acceptors (Lipinski definition) is 7. The Morgan fingerprint density at radius 2 is 1.97 bits per heavy atom. The Labute approximate surface area is 173 Å². The summed E-state index contributed by atoms with van der Waals surface area (Å²) >= 11 is 0.584. The smallest absolute Gasteiger partial charge is 0.387 e. The molecule has 0 bridgehead atoms. The Hall–Kier alpha value is -1.49. The number of rotatable bonds is 6. The van der Waals surface area contributed by atoms with Crippen LogP contribution in [0, 0.1) is 5.92 Å². The van der Waals surface area contributed by atoms with Crippen molar-refractivity contribution in [1.82, 2.24) is 15.2 Å². The Kier molecular flexibility index (Phi) is 6.67. The number of thiazole rings is 1. The molecule has 1 aromatic heterocycles. The first-order valence-corrected chi connectivity index (χ1v) is 10.7. The predicted molar refractivity (Wildman–Crippen MR) is 111 cm³/mol. The minimum absolute atomic E-state index is 0.116. The van der Waals surface area contributed by atoms with Crippen LogP contribution < -0.4 is 16.8 Å². The molecule has 3 rings (SSSR count). The second-order valence-corrected chi connectivity index (χ2v) is 9.08. The zero-order chi connectivity index (χ0) is 21.2. The Balaban J connectivity index is 1.73. The highest BCUT2D eigenvalue weighted by Gasteiger charge is 2.44. The van der Waals surface area contributed by atoms with Gasteiger partial charge in [0, 0.05) is 42.7 Å². The van der Waals surface area contributed by atoms with Crippen molar-refractivity contribution in [3.8, 4) is 0 Å². The van der Waals surface area contributed by atoms with Crippen molar-refractivity contribution < 1.29 is 13.2 Å². The van der Waals surface area contributed by atoms with Crippen LogP contribution in [0.2, 0.25) is 0 Å². The number of alkyl halides is 3. The van der Waals surface area contributed by atoms with E-state index in [9.17, 15) is 13.2 Å². The van der Waals surface area contributed by atoms with Crippen LogP contribution in [0.25, 0.3) is 5.57 Å². The van der Waals surface area contributed by atoms with E-state index in [4.69, 9.17) is 11.5 Å². The number of amidine groups is 1. The molecule has 1 aromatic rings. The second kappa shape index (κ2) is 8.71. The maximum Gasteiger partial charge on any atom is 0.443 e. The molecule has 1 unspecified atom stereocenters. The molecule has 2 heterocycles. The van der Waals surface area contributed by atoms with Gasteiger partial charge in [-0.05, 0) is 45.7 Å². The number of likely N-dealkylation sites (N-methyl/N-ethyl adjacent to an activating group) is 1. The van der Waals surface area contributed by atoms with Crippen molar-refractivity contribution >= 4 is 22.7 Å². The first-order chi connectivity index (χ1) is 13.6. The highest BCUT2D eigenvalue weighted by Crippen LogP contribution is 2.44. The highest BCUT2D eigenvalue weighted by molar-refractivity contribution is 7.09. The van der Waals surface area contributed by atoms with E-state index in [1.807, 2.05) is 14.1 Å². The predicted octanol–water partition coefficient (Wildman–Crippen LogP) is 2.67. The van der Waals surface area contributed by atoms with Crippen molar-refractivity contribution in [1.29, 1.82) is 0 Å². The largest absolute Gasteiger partial charge is 0.443 e. The first kappa shape index (κ1) is 22.2. The van der Waals surface area contributed by atoms with E-state index >= 15 is 0 Å². The molecule has 1 fully saturated rings. The molecule has 1 saturated carbocycles. The summed E-state index contributed by atoms with van der Waals surface area (Å²) in [5.41, 5.74) is 12.8. The second-order valence-electron chi connectivity index (χ2n) is 8.22. The lowest BCUT2D eigenvalue weighted by Crippen LogP contribution is -2.54. The molecule has 1 aliphatic carbocycles. The van der Waals surface area contributed by atoms with E-state index < -0.39 is 16.7 Å². The number of nitrogens with two attached hydrogens (primary N) is 2. The summed E-state index contributed by atoms with van der Waals surface area (Å²) < 4.78 is 39.0. The lowest BCUT2D eigenvalue weighted by Gasteiger charge is -2.43. The van der Waals surface area contributed by atoms with E-state index in [0.29, 0.717) is 35.2 Å². The molecule has 0 radical (unpaired) electrons. The fourth-order valence-corrected chi connectivity index (χ4v) is 4.90. The summed E-state index contributed by atoms with van der Waals surface area (Å²) in [7, 11) is 4.09. The quantitative estimate of drug-likeness (QED) is 0.645. The molecule has 6 nitrogen and oxygen atoms in total. The minimum Gasteiger partial charge on any atom is -0.387 e. The fraction of sp³-hybridized carbons (Fsp3) is 0.684. The molecule has 0 amide bonds. The minimum atomic E-state index is -4.46. The molecule has 2 aliphatic rings. The van der Waals surface area contributed by atoms with Crippen molar-refractivity contribution in [3.05, 3.63) is 22.3 Å². The Bertz CT molecular complexity index is 764. The van der Waals surface area contributed by atoms with Crippen molar-refractivity contribution in [3.63, 3.8) is 0 Å². The summed E-state index contributed by atoms with van der Waals surface area (Å²) in [6.45, 7) is 1.91. The maximum absolute atomic E-state index is 13.0. The van der Waals surface area contributed by atoms with Gasteiger partial charge in [0.15, 0.2) is 5.01 Å². The molecular weight excluding hydrogens is 401 g/mol. The average Bonchev–Trinajstić information content (AvgIpc) is 3.12. The molecule has 1 atom stereocenters. The Morgan fingerprint density at radius 3 is 2.55 bits per heavy atom. The van der Waals surface area contributed by atoms with Gasteiger partial charge in [-0.15, -0.1) is 11.3 Å². The van der Waals surface area contributed by atoms with Crippen LogP contribution in [-0.4, -0.2) is 54.5 Å². The van der Waals surface area contributed by atoms with E-state index in [0.717, 1.165) is 38.8 Å². The molecule has 29 heavy (non-hydrogen) atoms. The highest BCUT2D eigenvalue weighted by atomic mass is 32.1. The lowest BCUT2D eigenvalue weighted by molar-refractivity contribution is -0.137. The van der Waals surface area contributed by atoms with E-state index in [1.165, 1.54) is 11.6 Å². The summed E-state index contributed by atoms with van der Waals surface area (Å²) in [4.78, 5) is 10.1. The van der Waals surface area contributed by atoms with Gasteiger partial charge < -0.3 is 21.7 Å². The molecule has 0 saturated heterocycles. The maximum atomic E-state index is 13.0. The fourth-order valence-electron chi connectivity index (χ4n) is 4.21. The van der Waals surface area contributed by atoms with Crippen molar-refractivity contribution in [2.24, 2.45) is 22.4 Å². The molecule has 0 aromatic carbocycles. The van der Waals surface area contributed by atoms with Crippen LogP contribution in [-0.2, 0) is 6.18 Å². The number of nitrogens with one attached hydrogen (secondary N) is 1. The summed E-state index contributed by atoms with van der Waals surface area (Å²) in [6, 6.07) is 0.438. The first-order valence-electron chi connectivity index (χ1n) is 9.82. The molecule has 162 valence electrons. The third-order valence-electron chi connectivity index (χ3n) is 5.80. The van der Waals surface area contributed by atoms with Gasteiger partial charge in [-0.1, -0.05) is 0 Å². The summed E-state index contributed by atoms with van der Waals surface area (Å²) in [5.74, 6) is 0.527. The van der Waals surface area contributed by atoms with Crippen LogP contribution in [0.4, 0.5) is 13.2 Å². The summed E-state index contributed by atoms with van der Waals surface area (Å²) in [6.07, 6.45) is 1.11. The van der Waals surface area contributed by atoms with Gasteiger partial charge in [0.05, 0.1) is 11.2 Å². The van der Waals surface area contributed by atoms with Gasteiger partial charge in [-0.3, -0.25) is 0 Å². The topological polar surface area (TPSA) is 92.6 Å². The monoisotopic (exact) mass is 430 g/mol. The molecule has 0 spiro atoms. The van der Waals surface area contributed by atoms with Crippen molar-refractivity contribution in [2.75, 3.05) is 27.2 Å². The van der Waals surface area contributed by atoms with Crippen LogP contribution >= 0.6 is 11.3 Å². The number of halogens is 3. The van der Waals surface area contributed by atoms with Gasteiger partial charge >= 0.3 is 6.18 Å². The average molecular weight is 431 g/mol. The molecular formula is C19H29F3N6S. The van der Waals surface area contributed by atoms with Gasteiger partial charge in [-0.2, -0.15) is 13.2 Å². The third kappa shape index (κ3) is 5.17. The lowest BCUT2D eigenvalue weighted by atomic mass is 9.67. The SMILES string of the molecule is CN(C)CCNC1CCC(C2(N)CC(N)=NC=C2c2csc(C(F)(F)F)n2)CC1. The van der Waals surface area contributed by atoms with Gasteiger partial charge in [-0.25, -0.2) is 9.98 Å². The third-order valence-corrected chi connectivity index (χ3v) is 6.69. The van der Waals surface area contributed by atoms with Crippen LogP contribution in [0.5, 0.6) is 0 Å². The molecule has 5 N–H and O–H groups in total. The zero-order valence-electron chi connectivity index (χ0n) is 16.8. The van der Waals surface area contributed by atoms with Crippen LogP contribution in [0.3, 0.4) is 0 Å². The standard InChI is InChI=1S/C19H29F3N6S/c1-28(2)8-7-25-13-5-3-12(4-6-13)18(24)9-16(23)26-10-14(18)15-11-29-17(27-15)19(20,21)22/h10-13,25H,3-9,24H2,1-2H3,(H2,23,26). The number of aliphatic imine (C=N–C) groups is 1. The van der Waals surface area contributed by atoms with Gasteiger partial charge in [0.1, 0.15) is 5.84 Å². The van der Waals surface area contributed by atoms with Crippen molar-refractivity contribution in [2.45, 2.75) is 49.9 Å². The summed E-state index contributed by atoms with van der Waals surface area (Å²) in [5, 5.41) is 4.13. The molecule has 1 aliphatic heterocycles. The van der Waals surface area contributed by atoms with Crippen LogP contribution in [0.1, 0.15) is 42.8 Å². The van der Waals surface area contributed by atoms with Gasteiger partial charge in [0.2, 0.25) is 0 Å². The molecule has 10 heteroatoms. The zero-order valence-corrected chi connectivity index (χ0v) is 17.6. The van der Waals surface area contributed by atoms with E-state index in [2.05, 4.69) is 20.2 Å². The van der Waals surface area contributed by atoms with Gasteiger partial charge in [0.25, 0.3) is 0 Å². The normalized spacial score (nSPS) is 28.4. The Morgan fingerprint density at radius 1 is 1.28 bits per heavy atom. The van der Waals surface area contributed by atoms with E-state index in [1.54, 1.807) is 0 Å². The number of nitrogens with zero attached hydrogens (tertiary/aromatic N) is 3. The van der Waals surface area contributed by atoms with Crippen LogP contribution in [0.15, 0.2) is 16.6 Å². The van der Waals surface area contributed by atoms with E-state index in [-0.39, 0.29) is 11.6 Å². The number of hydrogen-bond donors (Lipinski definition) is 3. The number of aromatic nitrogens is 1.